The van der Waals surface area contributed by atoms with Gasteiger partial charge in [-0.1, -0.05) is 3.77 Å². The molecule has 0 spiro atoms. The van der Waals surface area contributed by atoms with Gasteiger partial charge in [0.25, 0.3) is 10.0 Å². The summed E-state index contributed by atoms with van der Waals surface area (Å²) in [5.74, 6) is 0.582. The van der Waals surface area contributed by atoms with Crippen LogP contribution >= 0.6 is 0 Å². The number of aromatic nitrogens is 4. The SMILES string of the molecule is NCC1CCN(c2ccc3c(c2-c2nn[nH]n2)S(=O)(=O)N=S3(=O)N[C@@H]2CCNC2)CC1. The van der Waals surface area contributed by atoms with Gasteiger partial charge in [-0.25, -0.2) is 8.93 Å². The summed E-state index contributed by atoms with van der Waals surface area (Å²) in [5.41, 5.74) is 6.77. The number of hydrogen-bond acceptors (Lipinski definition) is 9. The number of nitrogens with one attached hydrogen (secondary N) is 3. The molecule has 3 aliphatic heterocycles. The van der Waals surface area contributed by atoms with E-state index in [1.54, 1.807) is 12.1 Å². The topological polar surface area (TPSA) is 171 Å². The van der Waals surface area contributed by atoms with Crippen LogP contribution in [0.1, 0.15) is 19.3 Å². The molecule has 14 heteroatoms. The average molecular weight is 468 g/mol. The summed E-state index contributed by atoms with van der Waals surface area (Å²) in [6.45, 7) is 3.47. The number of nitrogens with zero attached hydrogens (tertiary/aromatic N) is 5. The standard InChI is InChI=1S/C17H25N9O3S2/c18-9-11-4-7-26(8-5-11)13-1-2-14-16(15(13)17-20-23-24-21-17)31(28,29)25-30(14,27)22-12-3-6-19-10-12/h1-2,11-12,19H,3-10,18H2,(H,22,25,27)(H,20,21,23,24)/t12-,30?/m1/s1. The minimum Gasteiger partial charge on any atom is -0.371 e. The third-order valence-electron chi connectivity index (χ3n) is 6.10. The van der Waals surface area contributed by atoms with Gasteiger partial charge in [-0.3, -0.25) is 0 Å². The predicted molar refractivity (Wildman–Crippen MR) is 114 cm³/mol. The predicted octanol–water partition coefficient (Wildman–Crippen LogP) is -0.562. The smallest absolute Gasteiger partial charge is 0.293 e. The molecule has 0 bridgehead atoms. The first-order chi connectivity index (χ1) is 14.9. The minimum atomic E-state index is -4.19. The van der Waals surface area contributed by atoms with Crippen molar-refractivity contribution in [1.29, 1.82) is 0 Å². The van der Waals surface area contributed by atoms with Crippen molar-refractivity contribution in [2.24, 2.45) is 15.4 Å². The van der Waals surface area contributed by atoms with E-state index in [2.05, 4.69) is 39.3 Å². The zero-order valence-electron chi connectivity index (χ0n) is 16.8. The maximum absolute atomic E-state index is 13.7. The highest BCUT2D eigenvalue weighted by molar-refractivity contribution is 8.05. The molecule has 0 radical (unpaired) electrons. The Bertz CT molecular complexity index is 1190. The summed E-state index contributed by atoms with van der Waals surface area (Å²) in [5, 5.41) is 17.3. The molecule has 3 aliphatic rings. The Morgan fingerprint density at radius 2 is 2.00 bits per heavy atom. The number of rotatable bonds is 5. The Hall–Kier alpha value is -2.13. The number of benzene rings is 1. The largest absolute Gasteiger partial charge is 0.371 e. The molecule has 2 saturated heterocycles. The van der Waals surface area contributed by atoms with E-state index in [9.17, 15) is 12.6 Å². The van der Waals surface area contributed by atoms with Gasteiger partial charge in [0.05, 0.1) is 10.5 Å². The lowest BCUT2D eigenvalue weighted by molar-refractivity contribution is 0.414. The van der Waals surface area contributed by atoms with Crippen LogP contribution in [-0.4, -0.2) is 72.0 Å². The molecule has 168 valence electrons. The van der Waals surface area contributed by atoms with Gasteiger partial charge in [0.2, 0.25) is 5.82 Å². The molecule has 2 atom stereocenters. The zero-order valence-corrected chi connectivity index (χ0v) is 18.5. The van der Waals surface area contributed by atoms with Crippen LogP contribution in [0.25, 0.3) is 11.4 Å². The van der Waals surface area contributed by atoms with E-state index in [-0.39, 0.29) is 27.2 Å². The van der Waals surface area contributed by atoms with Gasteiger partial charge in [-0.05, 0) is 55.6 Å². The molecule has 1 aromatic heterocycles. The van der Waals surface area contributed by atoms with E-state index in [4.69, 9.17) is 5.73 Å². The summed E-state index contributed by atoms with van der Waals surface area (Å²) < 4.78 is 46.8. The molecule has 12 nitrogen and oxygen atoms in total. The molecule has 2 fully saturated rings. The lowest BCUT2D eigenvalue weighted by Gasteiger charge is -2.34. The van der Waals surface area contributed by atoms with Crippen molar-refractivity contribution in [3.05, 3.63) is 12.1 Å². The van der Waals surface area contributed by atoms with Crippen molar-refractivity contribution in [2.75, 3.05) is 37.6 Å². The Morgan fingerprint density at radius 3 is 2.65 bits per heavy atom. The molecule has 0 aliphatic carbocycles. The second-order valence-corrected chi connectivity index (χ2v) is 11.8. The van der Waals surface area contributed by atoms with Crippen LogP contribution in [-0.2, 0) is 19.9 Å². The molecule has 0 saturated carbocycles. The minimum absolute atomic E-state index is 0.101. The van der Waals surface area contributed by atoms with Crippen LogP contribution in [0.4, 0.5) is 5.69 Å². The summed E-state index contributed by atoms with van der Waals surface area (Å²) in [7, 11) is -7.54. The second kappa shape index (κ2) is 7.78. The first-order valence-electron chi connectivity index (χ1n) is 10.3. The van der Waals surface area contributed by atoms with Gasteiger partial charge in [-0.2, -0.15) is 13.6 Å². The van der Waals surface area contributed by atoms with Gasteiger partial charge in [0, 0.05) is 31.4 Å². The van der Waals surface area contributed by atoms with E-state index in [1.807, 2.05) is 0 Å². The Labute approximate surface area is 180 Å². The summed E-state index contributed by atoms with van der Waals surface area (Å²) in [4.78, 5) is 2.15. The number of sulfonamides is 1. The van der Waals surface area contributed by atoms with Crippen molar-refractivity contribution >= 4 is 25.6 Å². The third kappa shape index (κ3) is 3.61. The van der Waals surface area contributed by atoms with Gasteiger partial charge >= 0.3 is 0 Å². The van der Waals surface area contributed by atoms with Crippen LogP contribution in [0.2, 0.25) is 0 Å². The van der Waals surface area contributed by atoms with Crippen molar-refractivity contribution < 1.29 is 12.6 Å². The molecule has 1 aromatic carbocycles. The number of piperidine rings is 1. The number of nitrogens with two attached hydrogens (primary N) is 1. The summed E-state index contributed by atoms with van der Waals surface area (Å²) in [6.07, 6.45) is 2.56. The molecular weight excluding hydrogens is 442 g/mol. The number of H-pyrrole nitrogens is 1. The molecule has 4 heterocycles. The number of aromatic amines is 1. The fraction of sp³-hybridized carbons (Fsp3) is 0.588. The Morgan fingerprint density at radius 1 is 1.19 bits per heavy atom. The van der Waals surface area contributed by atoms with Gasteiger partial charge < -0.3 is 16.0 Å². The van der Waals surface area contributed by atoms with Gasteiger partial charge in [0.1, 0.15) is 4.90 Å². The van der Waals surface area contributed by atoms with E-state index >= 15 is 0 Å². The normalized spacial score (nSPS) is 27.9. The monoisotopic (exact) mass is 467 g/mol. The van der Waals surface area contributed by atoms with E-state index in [0.717, 1.165) is 38.9 Å². The van der Waals surface area contributed by atoms with Crippen molar-refractivity contribution in [2.45, 2.75) is 35.1 Å². The molecular formula is C17H25N9O3S2. The molecule has 31 heavy (non-hydrogen) atoms. The van der Waals surface area contributed by atoms with Crippen LogP contribution in [0.5, 0.6) is 0 Å². The maximum atomic E-state index is 13.7. The highest BCUT2D eigenvalue weighted by atomic mass is 32.3. The van der Waals surface area contributed by atoms with Crippen LogP contribution in [0.3, 0.4) is 0 Å². The van der Waals surface area contributed by atoms with Crippen LogP contribution in [0.15, 0.2) is 25.7 Å². The quantitative estimate of drug-likeness (QED) is 0.450. The maximum Gasteiger partial charge on any atom is 0.293 e. The van der Waals surface area contributed by atoms with Crippen LogP contribution < -0.4 is 20.7 Å². The molecule has 0 amide bonds. The highest BCUT2D eigenvalue weighted by Crippen LogP contribution is 2.44. The third-order valence-corrected chi connectivity index (χ3v) is 10.4. The van der Waals surface area contributed by atoms with Crippen molar-refractivity contribution in [1.82, 2.24) is 30.7 Å². The molecule has 1 unspecified atom stereocenters. The lowest BCUT2D eigenvalue weighted by atomic mass is 9.96. The fourth-order valence-corrected chi connectivity index (χ4v) is 9.18. The summed E-state index contributed by atoms with van der Waals surface area (Å²) >= 11 is 0. The van der Waals surface area contributed by atoms with Crippen LogP contribution in [0, 0.1) is 5.92 Å². The number of anilines is 1. The second-order valence-electron chi connectivity index (χ2n) is 8.07. The molecule has 5 rings (SSSR count). The Balaban J connectivity index is 1.64. The molecule has 2 aromatic rings. The highest BCUT2D eigenvalue weighted by Gasteiger charge is 2.41. The number of fused-ring (bicyclic) bond motifs is 1. The fourth-order valence-electron chi connectivity index (χ4n) is 4.47. The van der Waals surface area contributed by atoms with E-state index in [1.165, 1.54) is 0 Å². The lowest BCUT2D eigenvalue weighted by Crippen LogP contribution is -2.37. The molecule has 5 N–H and O–H groups in total. The van der Waals surface area contributed by atoms with Crippen molar-refractivity contribution in [3.8, 4) is 11.4 Å². The first-order valence-corrected chi connectivity index (χ1v) is 13.2. The van der Waals surface area contributed by atoms with Crippen molar-refractivity contribution in [3.63, 3.8) is 0 Å². The summed E-state index contributed by atoms with van der Waals surface area (Å²) in [6, 6.07) is 3.27. The Kier molecular flexibility index (Phi) is 5.21. The van der Waals surface area contributed by atoms with E-state index in [0.29, 0.717) is 24.7 Å². The van der Waals surface area contributed by atoms with E-state index < -0.39 is 19.9 Å². The number of tetrazole rings is 1. The first kappa shape index (κ1) is 20.8. The van der Waals surface area contributed by atoms with Gasteiger partial charge in [0.15, 0.2) is 9.92 Å². The van der Waals surface area contributed by atoms with Gasteiger partial charge in [-0.15, -0.1) is 10.2 Å². The zero-order chi connectivity index (χ0) is 21.6. The average Bonchev–Trinajstić information content (AvgIpc) is 3.49. The number of hydrogen-bond donors (Lipinski definition) is 4.